The Kier molecular flexibility index (Phi) is 5.58. The van der Waals surface area contributed by atoms with Crippen LogP contribution in [-0.2, 0) is 4.74 Å². The summed E-state index contributed by atoms with van der Waals surface area (Å²) >= 11 is 0. The normalized spacial score (nSPS) is 28.8. The summed E-state index contributed by atoms with van der Waals surface area (Å²) in [6.07, 6.45) is 2.28. The lowest BCUT2D eigenvalue weighted by atomic mass is 9.86. The van der Waals surface area contributed by atoms with Crippen molar-refractivity contribution in [2.24, 2.45) is 16.3 Å². The van der Waals surface area contributed by atoms with E-state index in [2.05, 4.69) is 10.5 Å². The second-order valence-electron chi connectivity index (χ2n) is 6.02. The summed E-state index contributed by atoms with van der Waals surface area (Å²) in [4.78, 5) is 0. The zero-order valence-electron chi connectivity index (χ0n) is 12.1. The van der Waals surface area contributed by atoms with Gasteiger partial charge >= 0.3 is 0 Å². The quantitative estimate of drug-likeness (QED) is 0.180. The molecule has 0 radical (unpaired) electrons. The molecule has 0 bridgehead atoms. The molecule has 112 valence electrons. The van der Waals surface area contributed by atoms with E-state index in [1.54, 1.807) is 0 Å². The fourth-order valence-corrected chi connectivity index (χ4v) is 2.23. The molecule has 0 aromatic heterocycles. The first-order valence-corrected chi connectivity index (χ1v) is 6.84. The van der Waals surface area contributed by atoms with Gasteiger partial charge < -0.3 is 26.1 Å². The Labute approximate surface area is 115 Å². The second-order valence-corrected chi connectivity index (χ2v) is 6.02. The molecule has 19 heavy (non-hydrogen) atoms. The zero-order valence-corrected chi connectivity index (χ0v) is 12.1. The molecular weight excluding hydrogens is 246 g/mol. The van der Waals surface area contributed by atoms with E-state index in [-0.39, 0.29) is 17.4 Å². The highest BCUT2D eigenvalue weighted by Gasteiger charge is 2.38. The van der Waals surface area contributed by atoms with Gasteiger partial charge in [0.1, 0.15) is 11.4 Å². The van der Waals surface area contributed by atoms with Crippen molar-refractivity contribution in [1.29, 1.82) is 0 Å². The van der Waals surface area contributed by atoms with Crippen molar-refractivity contribution in [1.82, 2.24) is 5.32 Å². The van der Waals surface area contributed by atoms with Gasteiger partial charge in [-0.1, -0.05) is 19.0 Å². The van der Waals surface area contributed by atoms with E-state index < -0.39 is 5.60 Å². The summed E-state index contributed by atoms with van der Waals surface area (Å²) in [6.45, 7) is 7.74. The van der Waals surface area contributed by atoms with Crippen LogP contribution in [0, 0.1) is 5.41 Å². The van der Waals surface area contributed by atoms with Crippen LogP contribution in [-0.4, -0.2) is 47.6 Å². The molecule has 1 aliphatic rings. The Hall–Kier alpha value is -0.850. The minimum atomic E-state index is -0.749. The first kappa shape index (κ1) is 16.2. The molecule has 0 spiro atoms. The van der Waals surface area contributed by atoms with Crippen LogP contribution >= 0.6 is 0 Å². The number of nitrogens with two attached hydrogens (primary N) is 1. The third-order valence-corrected chi connectivity index (χ3v) is 4.05. The maximum Gasteiger partial charge on any atom is 0.144 e. The minimum absolute atomic E-state index is 0.117. The van der Waals surface area contributed by atoms with E-state index in [0.29, 0.717) is 19.6 Å². The van der Waals surface area contributed by atoms with Gasteiger partial charge in [0.15, 0.2) is 0 Å². The molecule has 0 saturated carbocycles. The van der Waals surface area contributed by atoms with Crippen LogP contribution in [0.4, 0.5) is 0 Å². The Morgan fingerprint density at radius 1 is 1.58 bits per heavy atom. The van der Waals surface area contributed by atoms with E-state index in [9.17, 15) is 5.11 Å². The van der Waals surface area contributed by atoms with Crippen molar-refractivity contribution in [3.05, 3.63) is 0 Å². The maximum atomic E-state index is 10.3. The minimum Gasteiger partial charge on any atom is -0.409 e. The summed E-state index contributed by atoms with van der Waals surface area (Å²) < 4.78 is 5.38. The van der Waals surface area contributed by atoms with Crippen molar-refractivity contribution < 1.29 is 15.1 Å². The lowest BCUT2D eigenvalue weighted by Gasteiger charge is -2.27. The molecular formula is C13H27N3O3. The topological polar surface area (TPSA) is 100 Å². The number of hydrogen-bond acceptors (Lipinski definition) is 5. The van der Waals surface area contributed by atoms with Gasteiger partial charge in [0.05, 0.1) is 6.10 Å². The molecule has 2 unspecified atom stereocenters. The van der Waals surface area contributed by atoms with Gasteiger partial charge in [-0.25, -0.2) is 0 Å². The third-order valence-electron chi connectivity index (χ3n) is 4.05. The van der Waals surface area contributed by atoms with Crippen molar-refractivity contribution in [3.63, 3.8) is 0 Å². The smallest absolute Gasteiger partial charge is 0.144 e. The number of amidine groups is 1. The van der Waals surface area contributed by atoms with Gasteiger partial charge in [-0.05, 0) is 26.3 Å². The predicted molar refractivity (Wildman–Crippen MR) is 74.3 cm³/mol. The average Bonchev–Trinajstić information content (AvgIpc) is 2.68. The largest absolute Gasteiger partial charge is 0.409 e. The first-order valence-electron chi connectivity index (χ1n) is 6.84. The molecule has 0 aromatic carbocycles. The fourth-order valence-electron chi connectivity index (χ4n) is 2.23. The Morgan fingerprint density at radius 2 is 2.26 bits per heavy atom. The highest BCUT2D eigenvalue weighted by atomic mass is 16.5. The molecule has 5 N–H and O–H groups in total. The molecule has 0 aliphatic carbocycles. The summed E-state index contributed by atoms with van der Waals surface area (Å²) in [6, 6.07) is 0. The number of aliphatic hydroxyl groups is 1. The highest BCUT2D eigenvalue weighted by molar-refractivity contribution is 5.85. The molecule has 1 fully saturated rings. The van der Waals surface area contributed by atoms with E-state index in [1.165, 1.54) is 0 Å². The highest BCUT2D eigenvalue weighted by Crippen LogP contribution is 2.25. The van der Waals surface area contributed by atoms with Crippen molar-refractivity contribution in [2.75, 3.05) is 19.7 Å². The third kappa shape index (κ3) is 4.33. The standard InChI is InChI=1S/C13H27N3O3/c1-10-13(17,6-8-19-10)9-15-7-4-5-12(2,3)11(14)16-18/h10,15,17-18H,4-9H2,1-3H3,(H2,14,16). The van der Waals surface area contributed by atoms with Gasteiger partial charge in [-0.2, -0.15) is 0 Å². The molecule has 2 atom stereocenters. The average molecular weight is 273 g/mol. The van der Waals surface area contributed by atoms with Gasteiger partial charge in [0.2, 0.25) is 0 Å². The van der Waals surface area contributed by atoms with Crippen molar-refractivity contribution >= 4 is 5.84 Å². The van der Waals surface area contributed by atoms with Crippen LogP contribution in [0.25, 0.3) is 0 Å². The molecule has 1 saturated heterocycles. The number of ether oxygens (including phenoxy) is 1. The van der Waals surface area contributed by atoms with Crippen molar-refractivity contribution in [3.8, 4) is 0 Å². The number of oxime groups is 1. The van der Waals surface area contributed by atoms with E-state index >= 15 is 0 Å². The van der Waals surface area contributed by atoms with Crippen LogP contribution < -0.4 is 11.1 Å². The van der Waals surface area contributed by atoms with Crippen LogP contribution in [0.2, 0.25) is 0 Å². The second kappa shape index (κ2) is 6.54. The summed E-state index contributed by atoms with van der Waals surface area (Å²) in [7, 11) is 0. The molecule has 6 heteroatoms. The van der Waals surface area contributed by atoms with Crippen molar-refractivity contribution in [2.45, 2.75) is 51.7 Å². The SMILES string of the molecule is CC1OCCC1(O)CNCCCC(C)(C)C(N)=NO. The summed E-state index contributed by atoms with van der Waals surface area (Å²) in [5.41, 5.74) is 4.57. The van der Waals surface area contributed by atoms with Gasteiger partial charge in [-0.15, -0.1) is 0 Å². The number of rotatable bonds is 7. The van der Waals surface area contributed by atoms with Gasteiger partial charge in [0.25, 0.3) is 0 Å². The number of nitrogens with zero attached hydrogens (tertiary/aromatic N) is 1. The molecule has 6 nitrogen and oxygen atoms in total. The van der Waals surface area contributed by atoms with E-state index in [0.717, 1.165) is 19.4 Å². The van der Waals surface area contributed by atoms with Crippen LogP contribution in [0.5, 0.6) is 0 Å². The molecule has 0 amide bonds. The van der Waals surface area contributed by atoms with E-state index in [4.69, 9.17) is 15.7 Å². The van der Waals surface area contributed by atoms with Gasteiger partial charge in [-0.3, -0.25) is 0 Å². The van der Waals surface area contributed by atoms with Crippen LogP contribution in [0.3, 0.4) is 0 Å². The summed E-state index contributed by atoms with van der Waals surface area (Å²) in [5, 5.41) is 25.3. The lowest BCUT2D eigenvalue weighted by Crippen LogP contribution is -2.46. The fraction of sp³-hybridized carbons (Fsp3) is 0.923. The Bertz CT molecular complexity index is 320. The molecule has 1 rings (SSSR count). The van der Waals surface area contributed by atoms with E-state index in [1.807, 2.05) is 20.8 Å². The number of hydrogen-bond donors (Lipinski definition) is 4. The maximum absolute atomic E-state index is 10.3. The number of nitrogens with one attached hydrogen (secondary N) is 1. The molecule has 1 heterocycles. The predicted octanol–water partition coefficient (Wildman–Crippen LogP) is 0.669. The Morgan fingerprint density at radius 3 is 2.79 bits per heavy atom. The monoisotopic (exact) mass is 273 g/mol. The Balaban J connectivity index is 2.22. The van der Waals surface area contributed by atoms with Gasteiger partial charge in [0, 0.05) is 25.0 Å². The summed E-state index contributed by atoms with van der Waals surface area (Å²) in [5.74, 6) is 0.254. The molecule has 0 aromatic rings. The van der Waals surface area contributed by atoms with Crippen LogP contribution in [0.1, 0.15) is 40.0 Å². The van der Waals surface area contributed by atoms with Crippen LogP contribution in [0.15, 0.2) is 5.16 Å². The molecule has 1 aliphatic heterocycles. The zero-order chi connectivity index (χ0) is 14.5. The first-order chi connectivity index (χ1) is 8.82. The lowest BCUT2D eigenvalue weighted by molar-refractivity contribution is -0.0260.